The smallest absolute Gasteiger partial charge is 0.317 e. The lowest BCUT2D eigenvalue weighted by molar-refractivity contribution is 0.174. The highest BCUT2D eigenvalue weighted by molar-refractivity contribution is 5.73. The number of likely N-dealkylation sites (N-methyl/N-ethyl adjacent to an activating group) is 1. The van der Waals surface area contributed by atoms with Crippen LogP contribution in [0, 0.1) is 0 Å². The maximum Gasteiger partial charge on any atom is 0.317 e. The zero-order chi connectivity index (χ0) is 17.8. The molecule has 7 nitrogen and oxygen atoms in total. The van der Waals surface area contributed by atoms with Crippen LogP contribution in [0.25, 0.3) is 0 Å². The maximum absolute atomic E-state index is 12.4. The molecule has 1 aromatic carbocycles. The topological polar surface area (TPSA) is 67.2 Å². The molecule has 2 amide bonds. The fourth-order valence-corrected chi connectivity index (χ4v) is 2.72. The molecule has 134 valence electrons. The van der Waals surface area contributed by atoms with Gasteiger partial charge in [-0.15, -0.1) is 0 Å². The Labute approximate surface area is 147 Å². The van der Waals surface area contributed by atoms with Crippen molar-refractivity contribution in [3.63, 3.8) is 0 Å². The van der Waals surface area contributed by atoms with Crippen LogP contribution in [-0.2, 0) is 6.54 Å². The number of nitrogens with zero attached hydrogens (tertiary/aromatic N) is 2. The van der Waals surface area contributed by atoms with E-state index in [2.05, 4.69) is 5.32 Å². The van der Waals surface area contributed by atoms with E-state index in [1.807, 2.05) is 49.3 Å². The summed E-state index contributed by atoms with van der Waals surface area (Å²) in [5, 5.41) is 2.95. The van der Waals surface area contributed by atoms with Gasteiger partial charge in [-0.1, -0.05) is 6.07 Å². The van der Waals surface area contributed by atoms with Crippen LogP contribution in [0.2, 0.25) is 0 Å². The van der Waals surface area contributed by atoms with E-state index in [9.17, 15) is 4.79 Å². The predicted octanol–water partition coefficient (Wildman–Crippen LogP) is 2.45. The number of fused-ring (bicyclic) bond motifs is 1. The van der Waals surface area contributed by atoms with Crippen molar-refractivity contribution in [3.05, 3.63) is 47.9 Å². The standard InChI is InChI=1S/C18H23N3O4/c1-20(2)14(15-5-4-8-23-15)10-19-18(22)21(3)11-13-6-7-16-17(9-13)25-12-24-16/h4-9,14H,10-12H2,1-3H3,(H,19,22)/t14-/m1/s1. The first-order chi connectivity index (χ1) is 12.0. The minimum absolute atomic E-state index is 0.0158. The highest BCUT2D eigenvalue weighted by Gasteiger charge is 2.19. The fourth-order valence-electron chi connectivity index (χ4n) is 2.72. The number of ether oxygens (including phenoxy) is 2. The van der Waals surface area contributed by atoms with E-state index in [-0.39, 0.29) is 18.9 Å². The van der Waals surface area contributed by atoms with E-state index >= 15 is 0 Å². The summed E-state index contributed by atoms with van der Waals surface area (Å²) in [6, 6.07) is 9.30. The fraction of sp³-hybridized carbons (Fsp3) is 0.389. The Kier molecular flexibility index (Phi) is 5.14. The minimum Gasteiger partial charge on any atom is -0.468 e. The number of benzene rings is 1. The van der Waals surface area contributed by atoms with Crippen molar-refractivity contribution in [1.29, 1.82) is 0 Å². The van der Waals surface area contributed by atoms with Gasteiger partial charge in [0, 0.05) is 20.1 Å². The Morgan fingerprint density at radius 2 is 2.00 bits per heavy atom. The Bertz CT molecular complexity index is 715. The molecule has 2 aromatic rings. The third-order valence-corrected chi connectivity index (χ3v) is 4.15. The summed E-state index contributed by atoms with van der Waals surface area (Å²) in [6.45, 7) is 1.19. The van der Waals surface area contributed by atoms with Crippen molar-refractivity contribution < 1.29 is 18.7 Å². The molecule has 0 saturated heterocycles. The molecule has 0 spiro atoms. The van der Waals surface area contributed by atoms with E-state index in [0.717, 1.165) is 22.8 Å². The quantitative estimate of drug-likeness (QED) is 0.871. The summed E-state index contributed by atoms with van der Waals surface area (Å²) in [5.74, 6) is 2.28. The number of nitrogens with one attached hydrogen (secondary N) is 1. The normalized spacial score (nSPS) is 13.8. The maximum atomic E-state index is 12.4. The Morgan fingerprint density at radius 1 is 1.20 bits per heavy atom. The van der Waals surface area contributed by atoms with Gasteiger partial charge >= 0.3 is 6.03 Å². The molecule has 0 saturated carbocycles. The number of carbonyl (C=O) groups excluding carboxylic acids is 1. The van der Waals surface area contributed by atoms with Crippen molar-refractivity contribution in [2.24, 2.45) is 0 Å². The molecular formula is C18H23N3O4. The van der Waals surface area contributed by atoms with Gasteiger partial charge in [-0.3, -0.25) is 4.90 Å². The Morgan fingerprint density at radius 3 is 2.72 bits per heavy atom. The van der Waals surface area contributed by atoms with Crippen molar-refractivity contribution in [3.8, 4) is 11.5 Å². The lowest BCUT2D eigenvalue weighted by atomic mass is 10.2. The van der Waals surface area contributed by atoms with E-state index in [1.165, 1.54) is 0 Å². The zero-order valence-electron chi connectivity index (χ0n) is 14.7. The third-order valence-electron chi connectivity index (χ3n) is 4.15. The van der Waals surface area contributed by atoms with E-state index in [1.54, 1.807) is 18.2 Å². The van der Waals surface area contributed by atoms with Crippen molar-refractivity contribution in [2.75, 3.05) is 34.5 Å². The minimum atomic E-state index is -0.143. The first kappa shape index (κ1) is 17.2. The molecule has 0 aliphatic carbocycles. The van der Waals surface area contributed by atoms with Gasteiger partial charge in [0.15, 0.2) is 11.5 Å². The van der Waals surface area contributed by atoms with E-state index in [0.29, 0.717) is 13.1 Å². The summed E-state index contributed by atoms with van der Waals surface area (Å²) in [7, 11) is 5.67. The van der Waals surface area contributed by atoms with Gasteiger partial charge in [-0.05, 0) is 43.9 Å². The lowest BCUT2D eigenvalue weighted by Gasteiger charge is -2.24. The summed E-state index contributed by atoms with van der Waals surface area (Å²) in [4.78, 5) is 16.0. The molecule has 25 heavy (non-hydrogen) atoms. The third kappa shape index (κ3) is 4.06. The average Bonchev–Trinajstić information content (AvgIpc) is 3.25. The number of carbonyl (C=O) groups is 1. The highest BCUT2D eigenvalue weighted by atomic mass is 16.7. The molecule has 1 aliphatic heterocycles. The molecule has 1 N–H and O–H groups in total. The first-order valence-electron chi connectivity index (χ1n) is 8.12. The van der Waals surface area contributed by atoms with Gasteiger partial charge < -0.3 is 24.1 Å². The Hall–Kier alpha value is -2.67. The van der Waals surface area contributed by atoms with E-state index < -0.39 is 0 Å². The number of urea groups is 1. The molecule has 2 heterocycles. The van der Waals surface area contributed by atoms with Crippen molar-refractivity contribution in [1.82, 2.24) is 15.1 Å². The molecule has 7 heteroatoms. The molecule has 0 unspecified atom stereocenters. The second kappa shape index (κ2) is 7.48. The van der Waals surface area contributed by atoms with E-state index in [4.69, 9.17) is 13.9 Å². The summed E-state index contributed by atoms with van der Waals surface area (Å²) < 4.78 is 16.1. The van der Waals surface area contributed by atoms with Gasteiger partial charge in [-0.2, -0.15) is 0 Å². The SMILES string of the molecule is CN(Cc1ccc2c(c1)OCO2)C(=O)NC[C@H](c1ccco1)N(C)C. The summed E-state index contributed by atoms with van der Waals surface area (Å²) in [5.41, 5.74) is 0.983. The van der Waals surface area contributed by atoms with Crippen molar-refractivity contribution in [2.45, 2.75) is 12.6 Å². The molecule has 0 bridgehead atoms. The largest absolute Gasteiger partial charge is 0.468 e. The van der Waals surface area contributed by atoms with Crippen LogP contribution in [0.5, 0.6) is 11.5 Å². The molecule has 3 rings (SSSR count). The van der Waals surface area contributed by atoms with Crippen LogP contribution in [-0.4, -0.2) is 50.3 Å². The molecule has 1 aromatic heterocycles. The zero-order valence-corrected chi connectivity index (χ0v) is 14.7. The van der Waals surface area contributed by atoms with Gasteiger partial charge in [0.05, 0.1) is 12.3 Å². The van der Waals surface area contributed by atoms with Gasteiger partial charge in [0.2, 0.25) is 6.79 Å². The lowest BCUT2D eigenvalue weighted by Crippen LogP contribution is -2.41. The second-order valence-electron chi connectivity index (χ2n) is 6.22. The predicted molar refractivity (Wildman–Crippen MR) is 92.6 cm³/mol. The van der Waals surface area contributed by atoms with Crippen LogP contribution in [0.4, 0.5) is 4.79 Å². The number of furan rings is 1. The van der Waals surface area contributed by atoms with Gasteiger partial charge in [0.1, 0.15) is 5.76 Å². The number of hydrogen-bond acceptors (Lipinski definition) is 5. The van der Waals surface area contributed by atoms with Crippen LogP contribution in [0.1, 0.15) is 17.4 Å². The second-order valence-corrected chi connectivity index (χ2v) is 6.22. The van der Waals surface area contributed by atoms with Crippen LogP contribution < -0.4 is 14.8 Å². The summed E-state index contributed by atoms with van der Waals surface area (Å²) >= 11 is 0. The highest BCUT2D eigenvalue weighted by Crippen LogP contribution is 2.32. The molecular weight excluding hydrogens is 322 g/mol. The first-order valence-corrected chi connectivity index (χ1v) is 8.12. The van der Waals surface area contributed by atoms with Crippen LogP contribution >= 0.6 is 0 Å². The number of amides is 2. The van der Waals surface area contributed by atoms with Gasteiger partial charge in [0.25, 0.3) is 0 Å². The number of hydrogen-bond donors (Lipinski definition) is 1. The molecule has 0 radical (unpaired) electrons. The number of rotatable bonds is 6. The van der Waals surface area contributed by atoms with Crippen LogP contribution in [0.3, 0.4) is 0 Å². The van der Waals surface area contributed by atoms with Crippen molar-refractivity contribution >= 4 is 6.03 Å². The van der Waals surface area contributed by atoms with Gasteiger partial charge in [-0.25, -0.2) is 4.79 Å². The van der Waals surface area contributed by atoms with Crippen LogP contribution in [0.15, 0.2) is 41.0 Å². The average molecular weight is 345 g/mol. The molecule has 1 aliphatic rings. The summed E-state index contributed by atoms with van der Waals surface area (Å²) in [6.07, 6.45) is 1.64. The monoisotopic (exact) mass is 345 g/mol. The molecule has 1 atom stereocenters. The molecule has 0 fully saturated rings. The Balaban J connectivity index is 1.55.